The monoisotopic (exact) mass is 472 g/mol. The zero-order valence-electron chi connectivity index (χ0n) is 15.9. The first kappa shape index (κ1) is 20.3. The molecule has 156 valence electrons. The summed E-state index contributed by atoms with van der Waals surface area (Å²) < 4.78 is 0. The van der Waals surface area contributed by atoms with Crippen LogP contribution < -0.4 is 9.96 Å². The van der Waals surface area contributed by atoms with Crippen molar-refractivity contribution in [1.82, 2.24) is 0 Å². The summed E-state index contributed by atoms with van der Waals surface area (Å²) in [6.45, 7) is 0. The van der Waals surface area contributed by atoms with E-state index in [0.29, 0.717) is 21.3 Å². The van der Waals surface area contributed by atoms with Gasteiger partial charge < -0.3 is 0 Å². The van der Waals surface area contributed by atoms with E-state index in [1.54, 1.807) is 23.3 Å². The SMILES string of the molecule is O=C1[C@@H]2[C@H](ON(c3ccccc3)[C@@H]2c2ccccc2Cl)C(=O)N1c1ccc(Cl)c(Cl)c1. The van der Waals surface area contributed by atoms with Crippen LogP contribution in [-0.4, -0.2) is 17.9 Å². The number of amides is 2. The Morgan fingerprint density at radius 3 is 2.13 bits per heavy atom. The van der Waals surface area contributed by atoms with Gasteiger partial charge in [-0.05, 0) is 42.0 Å². The average molecular weight is 474 g/mol. The van der Waals surface area contributed by atoms with Gasteiger partial charge in [-0.3, -0.25) is 14.4 Å². The molecule has 0 spiro atoms. The highest BCUT2D eigenvalue weighted by atomic mass is 35.5. The number of para-hydroxylation sites is 1. The Kier molecular flexibility index (Phi) is 5.15. The number of anilines is 2. The Morgan fingerprint density at radius 1 is 0.710 bits per heavy atom. The summed E-state index contributed by atoms with van der Waals surface area (Å²) in [4.78, 5) is 34.0. The highest BCUT2D eigenvalue weighted by Gasteiger charge is 2.60. The molecule has 0 N–H and O–H groups in total. The number of fused-ring (bicyclic) bond motifs is 1. The maximum Gasteiger partial charge on any atom is 0.266 e. The van der Waals surface area contributed by atoms with Crippen LogP contribution in [0.5, 0.6) is 0 Å². The van der Waals surface area contributed by atoms with E-state index in [9.17, 15) is 9.59 Å². The van der Waals surface area contributed by atoms with Crippen molar-refractivity contribution in [3.05, 3.63) is 93.4 Å². The lowest BCUT2D eigenvalue weighted by Gasteiger charge is -2.29. The lowest BCUT2D eigenvalue weighted by Crippen LogP contribution is -2.37. The molecule has 3 atom stereocenters. The van der Waals surface area contributed by atoms with E-state index in [-0.39, 0.29) is 10.9 Å². The molecule has 3 aromatic carbocycles. The zero-order valence-corrected chi connectivity index (χ0v) is 18.2. The van der Waals surface area contributed by atoms with Crippen LogP contribution in [0.3, 0.4) is 0 Å². The predicted molar refractivity (Wildman–Crippen MR) is 120 cm³/mol. The summed E-state index contributed by atoms with van der Waals surface area (Å²) >= 11 is 18.6. The topological polar surface area (TPSA) is 49.9 Å². The average Bonchev–Trinajstić information content (AvgIpc) is 3.27. The molecule has 8 heteroatoms. The quantitative estimate of drug-likeness (QED) is 0.458. The number of hydrogen-bond donors (Lipinski definition) is 0. The molecule has 3 aromatic rings. The van der Waals surface area contributed by atoms with Gasteiger partial charge in [-0.25, -0.2) is 9.96 Å². The third kappa shape index (κ3) is 3.29. The van der Waals surface area contributed by atoms with Crippen LogP contribution in [0, 0.1) is 5.92 Å². The van der Waals surface area contributed by atoms with Gasteiger partial charge in [0, 0.05) is 5.02 Å². The molecule has 2 amide bonds. The second-order valence-corrected chi connectivity index (χ2v) is 8.51. The van der Waals surface area contributed by atoms with Crippen molar-refractivity contribution in [1.29, 1.82) is 0 Å². The van der Waals surface area contributed by atoms with Crippen molar-refractivity contribution in [3.8, 4) is 0 Å². The number of imide groups is 1. The van der Waals surface area contributed by atoms with Crippen molar-refractivity contribution >= 4 is 58.0 Å². The van der Waals surface area contributed by atoms with Crippen LogP contribution in [0.1, 0.15) is 11.6 Å². The minimum absolute atomic E-state index is 0.256. The van der Waals surface area contributed by atoms with Crippen LogP contribution in [0.25, 0.3) is 0 Å². The molecule has 0 bridgehead atoms. The molecular weight excluding hydrogens is 459 g/mol. The Labute approximate surface area is 193 Å². The van der Waals surface area contributed by atoms with E-state index in [4.69, 9.17) is 39.6 Å². The normalized spacial score (nSPS) is 22.9. The number of rotatable bonds is 3. The maximum atomic E-state index is 13.5. The van der Waals surface area contributed by atoms with Gasteiger partial charge >= 0.3 is 0 Å². The Bertz CT molecular complexity index is 1190. The van der Waals surface area contributed by atoms with Crippen molar-refractivity contribution in [2.75, 3.05) is 9.96 Å². The fourth-order valence-corrected chi connectivity index (χ4v) is 4.66. The molecule has 5 rings (SSSR count). The number of nitrogens with zero attached hydrogens (tertiary/aromatic N) is 2. The molecule has 2 aliphatic rings. The van der Waals surface area contributed by atoms with E-state index in [1.807, 2.05) is 48.5 Å². The van der Waals surface area contributed by atoms with Gasteiger partial charge in [0.1, 0.15) is 5.92 Å². The molecule has 0 unspecified atom stereocenters. The molecule has 0 saturated carbocycles. The molecule has 0 aliphatic carbocycles. The molecule has 2 aliphatic heterocycles. The van der Waals surface area contributed by atoms with E-state index in [2.05, 4.69) is 0 Å². The first-order valence-electron chi connectivity index (χ1n) is 9.55. The third-order valence-electron chi connectivity index (χ3n) is 5.51. The summed E-state index contributed by atoms with van der Waals surface area (Å²) in [6.07, 6.45) is -0.983. The molecule has 2 saturated heterocycles. The van der Waals surface area contributed by atoms with E-state index >= 15 is 0 Å². The van der Waals surface area contributed by atoms with Gasteiger partial charge in [0.15, 0.2) is 6.10 Å². The summed E-state index contributed by atoms with van der Waals surface area (Å²) in [7, 11) is 0. The van der Waals surface area contributed by atoms with Gasteiger partial charge in [0.25, 0.3) is 5.91 Å². The van der Waals surface area contributed by atoms with Crippen LogP contribution in [0.15, 0.2) is 72.8 Å². The Hall–Kier alpha value is -2.57. The molecule has 0 radical (unpaired) electrons. The van der Waals surface area contributed by atoms with Gasteiger partial charge in [0.2, 0.25) is 5.91 Å². The Balaban J connectivity index is 1.60. The second kappa shape index (κ2) is 7.84. The van der Waals surface area contributed by atoms with Crippen LogP contribution >= 0.6 is 34.8 Å². The maximum absolute atomic E-state index is 13.5. The van der Waals surface area contributed by atoms with Gasteiger partial charge in [-0.2, -0.15) is 0 Å². The number of carbonyl (C=O) groups is 2. The lowest BCUT2D eigenvalue weighted by molar-refractivity contribution is -0.126. The largest absolute Gasteiger partial charge is 0.273 e. The molecule has 2 heterocycles. The van der Waals surface area contributed by atoms with E-state index < -0.39 is 24.0 Å². The molecular formula is C23H15Cl3N2O3. The van der Waals surface area contributed by atoms with E-state index in [1.165, 1.54) is 6.07 Å². The Morgan fingerprint density at radius 2 is 1.42 bits per heavy atom. The molecule has 31 heavy (non-hydrogen) atoms. The summed E-state index contributed by atoms with van der Waals surface area (Å²) in [5.41, 5.74) is 1.78. The first-order chi connectivity index (χ1) is 15.0. The zero-order chi connectivity index (χ0) is 21.7. The van der Waals surface area contributed by atoms with E-state index in [0.717, 1.165) is 10.6 Å². The first-order valence-corrected chi connectivity index (χ1v) is 10.7. The smallest absolute Gasteiger partial charge is 0.266 e. The number of halogens is 3. The summed E-state index contributed by atoms with van der Waals surface area (Å²) in [5, 5.41) is 2.70. The van der Waals surface area contributed by atoms with Crippen LogP contribution in [-0.2, 0) is 14.4 Å². The molecule has 0 aromatic heterocycles. The van der Waals surface area contributed by atoms with Crippen molar-refractivity contribution in [3.63, 3.8) is 0 Å². The number of benzene rings is 3. The van der Waals surface area contributed by atoms with Gasteiger partial charge in [-0.1, -0.05) is 71.2 Å². The van der Waals surface area contributed by atoms with Crippen LogP contribution in [0.4, 0.5) is 11.4 Å². The van der Waals surface area contributed by atoms with Crippen molar-refractivity contribution in [2.45, 2.75) is 12.1 Å². The second-order valence-electron chi connectivity index (χ2n) is 7.29. The number of carbonyl (C=O) groups excluding carboxylic acids is 2. The molecule has 5 nitrogen and oxygen atoms in total. The summed E-state index contributed by atoms with van der Waals surface area (Å²) in [5.74, 6) is -1.61. The van der Waals surface area contributed by atoms with Crippen molar-refractivity contribution in [2.24, 2.45) is 5.92 Å². The summed E-state index contributed by atoms with van der Waals surface area (Å²) in [6, 6.07) is 20.6. The van der Waals surface area contributed by atoms with Crippen molar-refractivity contribution < 1.29 is 14.4 Å². The third-order valence-corrected chi connectivity index (χ3v) is 6.59. The lowest BCUT2D eigenvalue weighted by atomic mass is 9.90. The highest BCUT2D eigenvalue weighted by molar-refractivity contribution is 6.42. The standard InChI is InChI=1S/C23H15Cl3N2O3/c24-16-9-5-4-8-15(16)20-19-21(31-28(20)13-6-2-1-3-7-13)23(30)27(22(19)29)14-10-11-17(25)18(26)12-14/h1-12,19-21H/t19-,20+,21-/m0/s1. The highest BCUT2D eigenvalue weighted by Crippen LogP contribution is 2.49. The number of hydroxylamine groups is 1. The minimum atomic E-state index is -0.983. The van der Waals surface area contributed by atoms with Gasteiger partial charge in [-0.15, -0.1) is 0 Å². The molecule has 2 fully saturated rings. The van der Waals surface area contributed by atoms with Gasteiger partial charge in [0.05, 0.1) is 27.5 Å². The predicted octanol–water partition coefficient (Wildman–Crippen LogP) is 5.70. The van der Waals surface area contributed by atoms with Crippen LogP contribution in [0.2, 0.25) is 15.1 Å². The fraction of sp³-hybridized carbons (Fsp3) is 0.130. The fourth-order valence-electron chi connectivity index (χ4n) is 4.12. The number of hydrogen-bond acceptors (Lipinski definition) is 4. The minimum Gasteiger partial charge on any atom is -0.273 e.